The predicted octanol–water partition coefficient (Wildman–Crippen LogP) is 0.501. The number of hydrogen-bond acceptors (Lipinski definition) is 4. The lowest BCUT2D eigenvalue weighted by Gasteiger charge is -2.12. The lowest BCUT2D eigenvalue weighted by Crippen LogP contribution is -2.27. The standard InChI is InChI=1S/C10H15NO4S/c1-5-16(14,15)9-8(12)6(2)7(3)11(4)10(9)13/h12H,5H2,1-4H3. The fraction of sp³-hybridized carbons (Fsp3) is 0.500. The first-order chi connectivity index (χ1) is 7.24. The van der Waals surface area contributed by atoms with Crippen LogP contribution in [0.2, 0.25) is 0 Å². The summed E-state index contributed by atoms with van der Waals surface area (Å²) in [6.45, 7) is 4.67. The van der Waals surface area contributed by atoms with E-state index in [0.29, 0.717) is 11.3 Å². The average Bonchev–Trinajstić information content (AvgIpc) is 2.23. The summed E-state index contributed by atoms with van der Waals surface area (Å²) in [6, 6.07) is 0. The van der Waals surface area contributed by atoms with Crippen LogP contribution in [0.25, 0.3) is 0 Å². The molecular formula is C10H15NO4S. The van der Waals surface area contributed by atoms with E-state index >= 15 is 0 Å². The van der Waals surface area contributed by atoms with Crippen molar-refractivity contribution in [1.82, 2.24) is 4.57 Å². The molecule has 0 saturated carbocycles. The molecule has 0 aliphatic heterocycles. The van der Waals surface area contributed by atoms with Gasteiger partial charge in [0.25, 0.3) is 5.56 Å². The molecule has 6 heteroatoms. The van der Waals surface area contributed by atoms with Crippen molar-refractivity contribution in [2.24, 2.45) is 7.05 Å². The molecule has 1 aromatic rings. The SMILES string of the molecule is CCS(=O)(=O)c1c(O)c(C)c(C)n(C)c1=O. The van der Waals surface area contributed by atoms with Crippen molar-refractivity contribution in [3.8, 4) is 5.75 Å². The fourth-order valence-corrected chi connectivity index (χ4v) is 2.56. The molecule has 0 saturated heterocycles. The van der Waals surface area contributed by atoms with Gasteiger partial charge < -0.3 is 9.67 Å². The van der Waals surface area contributed by atoms with E-state index in [4.69, 9.17) is 0 Å². The van der Waals surface area contributed by atoms with Gasteiger partial charge in [-0.15, -0.1) is 0 Å². The Hall–Kier alpha value is -1.30. The van der Waals surface area contributed by atoms with Gasteiger partial charge in [-0.1, -0.05) is 6.92 Å². The number of aromatic hydroxyl groups is 1. The predicted molar refractivity (Wildman–Crippen MR) is 60.5 cm³/mol. The molecule has 0 fully saturated rings. The Morgan fingerprint density at radius 1 is 1.31 bits per heavy atom. The van der Waals surface area contributed by atoms with E-state index in [1.807, 2.05) is 0 Å². The summed E-state index contributed by atoms with van der Waals surface area (Å²) in [5.41, 5.74) is 0.286. The Balaban J connectivity index is 3.87. The van der Waals surface area contributed by atoms with Crippen molar-refractivity contribution < 1.29 is 13.5 Å². The van der Waals surface area contributed by atoms with Crippen LogP contribution in [0, 0.1) is 13.8 Å². The van der Waals surface area contributed by atoms with E-state index in [2.05, 4.69) is 0 Å². The fourth-order valence-electron chi connectivity index (χ4n) is 1.42. The van der Waals surface area contributed by atoms with Crippen molar-refractivity contribution in [2.75, 3.05) is 5.75 Å². The highest BCUT2D eigenvalue weighted by Gasteiger charge is 2.25. The second-order valence-corrected chi connectivity index (χ2v) is 5.87. The van der Waals surface area contributed by atoms with Gasteiger partial charge in [-0.05, 0) is 13.8 Å². The monoisotopic (exact) mass is 245 g/mol. The number of hydrogen-bond donors (Lipinski definition) is 1. The summed E-state index contributed by atoms with van der Waals surface area (Å²) in [5, 5.41) is 9.76. The van der Waals surface area contributed by atoms with Crippen molar-refractivity contribution in [3.63, 3.8) is 0 Å². The van der Waals surface area contributed by atoms with Crippen LogP contribution in [0.4, 0.5) is 0 Å². The molecule has 0 unspecified atom stereocenters. The van der Waals surface area contributed by atoms with E-state index in [1.54, 1.807) is 13.8 Å². The van der Waals surface area contributed by atoms with Gasteiger partial charge in [-0.3, -0.25) is 4.79 Å². The number of aromatic nitrogens is 1. The van der Waals surface area contributed by atoms with Gasteiger partial charge in [0, 0.05) is 18.3 Å². The Kier molecular flexibility index (Phi) is 3.14. The summed E-state index contributed by atoms with van der Waals surface area (Å²) in [6.07, 6.45) is 0. The summed E-state index contributed by atoms with van der Waals surface area (Å²) in [5.74, 6) is -0.638. The second kappa shape index (κ2) is 3.93. The quantitative estimate of drug-likeness (QED) is 0.823. The van der Waals surface area contributed by atoms with E-state index in [0.717, 1.165) is 0 Å². The van der Waals surface area contributed by atoms with Gasteiger partial charge in [0.2, 0.25) is 0 Å². The molecule has 16 heavy (non-hydrogen) atoms. The maximum Gasteiger partial charge on any atom is 0.273 e. The van der Waals surface area contributed by atoms with Crippen molar-refractivity contribution in [2.45, 2.75) is 25.7 Å². The largest absolute Gasteiger partial charge is 0.506 e. The molecule has 0 spiro atoms. The Labute approximate surface area is 94.3 Å². The zero-order chi connectivity index (χ0) is 12.7. The number of pyridine rings is 1. The highest BCUT2D eigenvalue weighted by molar-refractivity contribution is 7.91. The van der Waals surface area contributed by atoms with Crippen LogP contribution in [0.1, 0.15) is 18.2 Å². The van der Waals surface area contributed by atoms with E-state index < -0.39 is 26.0 Å². The molecule has 0 amide bonds. The lowest BCUT2D eigenvalue weighted by atomic mass is 10.2. The van der Waals surface area contributed by atoms with Crippen LogP contribution in [0.15, 0.2) is 9.69 Å². The Morgan fingerprint density at radius 3 is 2.25 bits per heavy atom. The normalized spacial score (nSPS) is 11.8. The van der Waals surface area contributed by atoms with Gasteiger partial charge in [0.15, 0.2) is 14.7 Å². The third-order valence-electron chi connectivity index (χ3n) is 2.81. The molecule has 0 radical (unpaired) electrons. The molecule has 1 heterocycles. The first-order valence-corrected chi connectivity index (χ1v) is 6.51. The third kappa shape index (κ3) is 1.73. The smallest absolute Gasteiger partial charge is 0.273 e. The molecule has 0 aromatic carbocycles. The molecule has 1 aromatic heterocycles. The number of rotatable bonds is 2. The second-order valence-electron chi connectivity index (χ2n) is 3.66. The van der Waals surface area contributed by atoms with Gasteiger partial charge in [0.05, 0.1) is 5.75 Å². The maximum absolute atomic E-state index is 11.8. The van der Waals surface area contributed by atoms with Gasteiger partial charge in [-0.25, -0.2) is 8.42 Å². The summed E-state index contributed by atoms with van der Waals surface area (Å²) in [4.78, 5) is 11.3. The zero-order valence-corrected chi connectivity index (χ0v) is 10.6. The van der Waals surface area contributed by atoms with Crippen LogP contribution in [-0.4, -0.2) is 23.8 Å². The average molecular weight is 245 g/mol. The topological polar surface area (TPSA) is 76.4 Å². The molecule has 0 bridgehead atoms. The molecule has 1 N–H and O–H groups in total. The van der Waals surface area contributed by atoms with E-state index in [9.17, 15) is 18.3 Å². The van der Waals surface area contributed by atoms with Crippen molar-refractivity contribution in [1.29, 1.82) is 0 Å². The van der Waals surface area contributed by atoms with Gasteiger partial charge in [-0.2, -0.15) is 0 Å². The molecule has 0 aliphatic rings. The molecule has 1 rings (SSSR count). The summed E-state index contributed by atoms with van der Waals surface area (Å²) in [7, 11) is -2.22. The number of nitrogens with zero attached hydrogens (tertiary/aromatic N) is 1. The van der Waals surface area contributed by atoms with Crippen LogP contribution in [0.5, 0.6) is 5.75 Å². The van der Waals surface area contributed by atoms with E-state index in [-0.39, 0.29) is 5.75 Å². The molecule has 5 nitrogen and oxygen atoms in total. The van der Waals surface area contributed by atoms with E-state index in [1.165, 1.54) is 18.5 Å². The van der Waals surface area contributed by atoms with Crippen LogP contribution < -0.4 is 5.56 Å². The minimum Gasteiger partial charge on any atom is -0.506 e. The molecule has 90 valence electrons. The lowest BCUT2D eigenvalue weighted by molar-refractivity contribution is 0.446. The van der Waals surface area contributed by atoms with Crippen LogP contribution in [-0.2, 0) is 16.9 Å². The highest BCUT2D eigenvalue weighted by atomic mass is 32.2. The minimum atomic E-state index is -3.70. The molecular weight excluding hydrogens is 230 g/mol. The maximum atomic E-state index is 11.8. The Morgan fingerprint density at radius 2 is 1.81 bits per heavy atom. The van der Waals surface area contributed by atoms with Gasteiger partial charge in [0.1, 0.15) is 5.75 Å². The first kappa shape index (κ1) is 12.8. The highest BCUT2D eigenvalue weighted by Crippen LogP contribution is 2.25. The Bertz CT molecular complexity index is 584. The molecule has 0 aliphatic carbocycles. The minimum absolute atomic E-state index is 0.210. The molecule has 0 atom stereocenters. The van der Waals surface area contributed by atoms with Crippen molar-refractivity contribution >= 4 is 9.84 Å². The number of sulfone groups is 1. The summed E-state index contributed by atoms with van der Waals surface area (Å²) >= 11 is 0. The zero-order valence-electron chi connectivity index (χ0n) is 9.73. The van der Waals surface area contributed by atoms with Crippen LogP contribution >= 0.6 is 0 Å². The third-order valence-corrected chi connectivity index (χ3v) is 4.56. The summed E-state index contributed by atoms with van der Waals surface area (Å²) < 4.78 is 24.6. The van der Waals surface area contributed by atoms with Gasteiger partial charge >= 0.3 is 0 Å². The first-order valence-electron chi connectivity index (χ1n) is 4.86. The van der Waals surface area contributed by atoms with Crippen molar-refractivity contribution in [3.05, 3.63) is 21.6 Å². The van der Waals surface area contributed by atoms with Crippen LogP contribution in [0.3, 0.4) is 0 Å².